The van der Waals surface area contributed by atoms with Gasteiger partial charge in [-0.15, -0.1) is 11.3 Å². The molecule has 2 heterocycles. The Morgan fingerprint density at radius 3 is 2.36 bits per heavy atom. The molecule has 0 radical (unpaired) electrons. The number of aliphatic hydroxyl groups is 1. The van der Waals surface area contributed by atoms with Gasteiger partial charge in [-0.2, -0.15) is 0 Å². The highest BCUT2D eigenvalue weighted by atomic mass is 32.2. The number of nitrogens with one attached hydrogen (secondary N) is 3. The monoisotopic (exact) mass is 421 g/mol. The standard InChI is InChI=1S/C18H23N5O3S2/c1-18(2,25)16-20-9-14(27-16)28(19,26)23-17(24)22-15-10-5-3-7-12(10)21-13-8-4-6-11(13)15/h9,25H,3-8H2,1-2H3,(H3,19,21,22,23,24,26). The number of aryl methyl sites for hydroxylation is 2. The molecule has 2 aromatic rings. The second-order valence-electron chi connectivity index (χ2n) is 7.70. The van der Waals surface area contributed by atoms with Crippen molar-refractivity contribution in [2.75, 3.05) is 5.32 Å². The average molecular weight is 422 g/mol. The highest BCUT2D eigenvalue weighted by Gasteiger charge is 2.28. The number of pyridine rings is 1. The van der Waals surface area contributed by atoms with E-state index >= 15 is 0 Å². The van der Waals surface area contributed by atoms with Crippen molar-refractivity contribution in [3.63, 3.8) is 0 Å². The van der Waals surface area contributed by atoms with Crippen LogP contribution in [0.2, 0.25) is 0 Å². The van der Waals surface area contributed by atoms with Gasteiger partial charge in [0.1, 0.15) is 14.8 Å². The van der Waals surface area contributed by atoms with Crippen LogP contribution < -0.4 is 10.0 Å². The summed E-state index contributed by atoms with van der Waals surface area (Å²) in [6.07, 6.45) is 6.85. The number of aromatic nitrogens is 2. The molecule has 1 unspecified atom stereocenters. The lowest BCUT2D eigenvalue weighted by molar-refractivity contribution is 0.0783. The Kier molecular flexibility index (Phi) is 4.67. The molecule has 10 heteroatoms. The largest absolute Gasteiger partial charge is 0.383 e. The van der Waals surface area contributed by atoms with Gasteiger partial charge in [0.05, 0.1) is 11.9 Å². The second-order valence-corrected chi connectivity index (χ2v) is 10.7. The van der Waals surface area contributed by atoms with Crippen molar-refractivity contribution in [2.45, 2.75) is 62.2 Å². The van der Waals surface area contributed by atoms with Crippen molar-refractivity contribution in [2.24, 2.45) is 0 Å². The number of urea groups is 1. The zero-order valence-corrected chi connectivity index (χ0v) is 17.4. The van der Waals surface area contributed by atoms with Crippen LogP contribution in [0.4, 0.5) is 10.5 Å². The number of fused-ring (bicyclic) bond motifs is 2. The maximum Gasteiger partial charge on any atom is 0.331 e. The smallest absolute Gasteiger partial charge is 0.331 e. The number of hydrogen-bond acceptors (Lipinski definition) is 7. The lowest BCUT2D eigenvalue weighted by atomic mass is 10.1. The molecule has 4 N–H and O–H groups in total. The summed E-state index contributed by atoms with van der Waals surface area (Å²) < 4.78 is 23.3. The number of nitrogens with zero attached hydrogens (tertiary/aromatic N) is 2. The van der Waals surface area contributed by atoms with Gasteiger partial charge >= 0.3 is 6.03 Å². The van der Waals surface area contributed by atoms with Crippen LogP contribution in [-0.4, -0.2) is 25.3 Å². The van der Waals surface area contributed by atoms with Gasteiger partial charge in [0, 0.05) is 11.4 Å². The fraction of sp³-hybridized carbons (Fsp3) is 0.500. The summed E-state index contributed by atoms with van der Waals surface area (Å²) >= 11 is 0.959. The Labute approximate surface area is 167 Å². The van der Waals surface area contributed by atoms with E-state index in [2.05, 4.69) is 15.0 Å². The highest BCUT2D eigenvalue weighted by molar-refractivity contribution is 7.93. The molecule has 0 saturated heterocycles. The Bertz CT molecular complexity index is 1020. The Balaban J connectivity index is 1.56. The molecule has 0 saturated carbocycles. The second kappa shape index (κ2) is 6.78. The molecule has 2 aliphatic rings. The number of carbonyl (C=O) groups excluding carboxylic acids is 1. The molecule has 0 aliphatic heterocycles. The summed E-state index contributed by atoms with van der Waals surface area (Å²) in [7, 11) is -3.58. The van der Waals surface area contributed by atoms with Crippen LogP contribution >= 0.6 is 11.3 Å². The van der Waals surface area contributed by atoms with E-state index in [1.54, 1.807) is 13.8 Å². The van der Waals surface area contributed by atoms with E-state index in [1.807, 2.05) is 0 Å². The van der Waals surface area contributed by atoms with Gasteiger partial charge in [0.2, 0.25) is 0 Å². The van der Waals surface area contributed by atoms with Gasteiger partial charge < -0.3 is 10.4 Å². The van der Waals surface area contributed by atoms with Crippen molar-refractivity contribution in [3.8, 4) is 0 Å². The zero-order chi connectivity index (χ0) is 20.1. The fourth-order valence-corrected chi connectivity index (χ4v) is 5.83. The Hall–Kier alpha value is -2.04. The van der Waals surface area contributed by atoms with Crippen LogP contribution in [0.3, 0.4) is 0 Å². The summed E-state index contributed by atoms with van der Waals surface area (Å²) in [4.78, 5) is 21.4. The van der Waals surface area contributed by atoms with Crippen molar-refractivity contribution < 1.29 is 14.1 Å². The summed E-state index contributed by atoms with van der Waals surface area (Å²) in [6, 6.07) is -0.674. The maximum absolute atomic E-state index is 12.8. The molecular formula is C18H23N5O3S2. The van der Waals surface area contributed by atoms with E-state index in [0.717, 1.165) is 78.1 Å². The van der Waals surface area contributed by atoms with Crippen LogP contribution in [0, 0.1) is 4.78 Å². The minimum atomic E-state index is -3.58. The minimum Gasteiger partial charge on any atom is -0.383 e. The van der Waals surface area contributed by atoms with Crippen molar-refractivity contribution in [1.82, 2.24) is 14.7 Å². The zero-order valence-electron chi connectivity index (χ0n) is 15.8. The Morgan fingerprint density at radius 2 is 1.82 bits per heavy atom. The van der Waals surface area contributed by atoms with E-state index < -0.39 is 21.5 Å². The van der Waals surface area contributed by atoms with Crippen molar-refractivity contribution in [1.29, 1.82) is 4.78 Å². The molecule has 2 aliphatic carbocycles. The van der Waals surface area contributed by atoms with Crippen LogP contribution in [0.1, 0.15) is 54.2 Å². The van der Waals surface area contributed by atoms with Gasteiger partial charge in [-0.25, -0.2) is 23.5 Å². The van der Waals surface area contributed by atoms with Crippen LogP contribution in [-0.2, 0) is 41.2 Å². The molecule has 0 fully saturated rings. The van der Waals surface area contributed by atoms with Gasteiger partial charge in [-0.1, -0.05) is 0 Å². The van der Waals surface area contributed by atoms with Crippen LogP contribution in [0.25, 0.3) is 0 Å². The molecule has 1 atom stereocenters. The lowest BCUT2D eigenvalue weighted by Crippen LogP contribution is -2.34. The maximum atomic E-state index is 12.8. The lowest BCUT2D eigenvalue weighted by Gasteiger charge is -2.16. The SMILES string of the molecule is CC(C)(O)c1ncc(S(=N)(=O)NC(=O)Nc2c3c(nc4c2CCC4)CCC3)s1. The number of amides is 2. The quantitative estimate of drug-likeness (QED) is 0.603. The summed E-state index contributed by atoms with van der Waals surface area (Å²) in [6.45, 7) is 3.12. The Morgan fingerprint density at radius 1 is 1.21 bits per heavy atom. The van der Waals surface area contributed by atoms with Gasteiger partial charge in [0.25, 0.3) is 0 Å². The molecule has 2 amide bonds. The molecular weight excluding hydrogens is 398 g/mol. The van der Waals surface area contributed by atoms with Crippen molar-refractivity contribution >= 4 is 33.0 Å². The van der Waals surface area contributed by atoms with E-state index in [9.17, 15) is 14.1 Å². The highest BCUT2D eigenvalue weighted by Crippen LogP contribution is 2.36. The van der Waals surface area contributed by atoms with E-state index in [1.165, 1.54) is 6.20 Å². The number of hydrogen-bond donors (Lipinski definition) is 4. The van der Waals surface area contributed by atoms with Crippen LogP contribution in [0.15, 0.2) is 10.4 Å². The third-order valence-corrected chi connectivity index (χ3v) is 8.22. The summed E-state index contributed by atoms with van der Waals surface area (Å²) in [5.41, 5.74) is 3.80. The molecule has 0 bridgehead atoms. The molecule has 28 heavy (non-hydrogen) atoms. The average Bonchev–Trinajstić information content (AvgIpc) is 3.33. The van der Waals surface area contributed by atoms with Gasteiger partial charge in [-0.05, 0) is 63.5 Å². The summed E-state index contributed by atoms with van der Waals surface area (Å²) in [5.74, 6) is 0. The van der Waals surface area contributed by atoms with Crippen LogP contribution in [0.5, 0.6) is 0 Å². The third kappa shape index (κ3) is 3.51. The first-order valence-electron chi connectivity index (χ1n) is 9.25. The van der Waals surface area contributed by atoms with Gasteiger partial charge in [-0.3, -0.25) is 4.98 Å². The molecule has 4 rings (SSSR count). The molecule has 0 aromatic carbocycles. The fourth-order valence-electron chi connectivity index (χ4n) is 3.73. The number of thiazole rings is 1. The predicted octanol–water partition coefficient (Wildman–Crippen LogP) is 2.89. The number of rotatable bonds is 4. The van der Waals surface area contributed by atoms with Crippen molar-refractivity contribution in [3.05, 3.63) is 33.7 Å². The summed E-state index contributed by atoms with van der Waals surface area (Å²) in [5, 5.41) is 13.2. The van der Waals surface area contributed by atoms with Gasteiger partial charge in [0.15, 0.2) is 9.92 Å². The predicted molar refractivity (Wildman–Crippen MR) is 107 cm³/mol. The first-order valence-corrected chi connectivity index (χ1v) is 11.6. The first kappa shape index (κ1) is 19.3. The normalized spacial score (nSPS) is 17.7. The number of anilines is 1. The van der Waals surface area contributed by atoms with E-state index in [-0.39, 0.29) is 4.21 Å². The molecule has 0 spiro atoms. The molecule has 150 valence electrons. The third-order valence-electron chi connectivity index (χ3n) is 5.02. The molecule has 8 nitrogen and oxygen atoms in total. The molecule has 2 aromatic heterocycles. The topological polar surface area (TPSA) is 128 Å². The minimum absolute atomic E-state index is 0.102. The first-order chi connectivity index (χ1) is 13.1. The van der Waals surface area contributed by atoms with E-state index in [4.69, 9.17) is 9.76 Å². The number of carbonyl (C=O) groups is 1. The van der Waals surface area contributed by atoms with E-state index in [0.29, 0.717) is 5.01 Å².